The summed E-state index contributed by atoms with van der Waals surface area (Å²) in [5.41, 5.74) is 0. The Balaban J connectivity index is 2.39. The summed E-state index contributed by atoms with van der Waals surface area (Å²) in [7, 11) is 3.79. The topological polar surface area (TPSA) is 88.8 Å². The molecule has 21 heavy (non-hydrogen) atoms. The van der Waals surface area contributed by atoms with Crippen LogP contribution < -0.4 is 9.64 Å². The van der Waals surface area contributed by atoms with Gasteiger partial charge in [0.05, 0.1) is 0 Å². The molecule has 8 nitrogen and oxygen atoms in total. The van der Waals surface area contributed by atoms with Gasteiger partial charge in [0.1, 0.15) is 0 Å². The minimum Gasteiger partial charge on any atom is -0.474 e. The van der Waals surface area contributed by atoms with Crippen LogP contribution in [-0.2, 0) is 4.79 Å². The molecule has 1 atom stereocenters. The molecule has 114 valence electrons. The number of nitro groups is 1. The number of amides is 1. The van der Waals surface area contributed by atoms with Gasteiger partial charge in [-0.3, -0.25) is 9.69 Å². The highest BCUT2D eigenvalue weighted by molar-refractivity contribution is 5.99. The van der Waals surface area contributed by atoms with E-state index in [1.54, 1.807) is 0 Å². The van der Waals surface area contributed by atoms with Crippen LogP contribution >= 0.6 is 0 Å². The van der Waals surface area contributed by atoms with Crippen LogP contribution in [0.2, 0.25) is 0 Å². The summed E-state index contributed by atoms with van der Waals surface area (Å²) in [6, 6.07) is 2.78. The van der Waals surface area contributed by atoms with Gasteiger partial charge in [-0.05, 0) is 36.5 Å². The summed E-state index contributed by atoms with van der Waals surface area (Å²) >= 11 is 0. The van der Waals surface area contributed by atoms with Crippen LogP contribution in [0.3, 0.4) is 0 Å². The Morgan fingerprint density at radius 1 is 1.48 bits per heavy atom. The lowest BCUT2D eigenvalue weighted by atomic mass is 10.2. The molecule has 1 aromatic heterocycles. The third-order valence-electron chi connectivity index (χ3n) is 3.22. The van der Waals surface area contributed by atoms with Gasteiger partial charge in [-0.1, -0.05) is 6.92 Å². The van der Waals surface area contributed by atoms with Crippen molar-refractivity contribution in [1.29, 1.82) is 0 Å². The van der Waals surface area contributed by atoms with Crippen molar-refractivity contribution in [2.24, 2.45) is 0 Å². The number of hydrogen-bond donors (Lipinski definition) is 0. The fraction of sp³-hybridized carbons (Fsp3) is 0.538. The van der Waals surface area contributed by atoms with E-state index in [9.17, 15) is 14.9 Å². The minimum absolute atomic E-state index is 0.208. The van der Waals surface area contributed by atoms with E-state index in [1.165, 1.54) is 17.0 Å². The highest BCUT2D eigenvalue weighted by Gasteiger charge is 2.37. The second kappa shape index (κ2) is 6.04. The minimum atomic E-state index is -0.583. The summed E-state index contributed by atoms with van der Waals surface area (Å²) in [5.74, 6) is 0.126. The Hall–Kier alpha value is -2.22. The smallest absolute Gasteiger partial charge is 0.366 e. The standard InChI is InChI=1S/C13H18N4O4/c1-4-9-13(18)16(8-7-15(2)3)12-10(21-9)5-6-11(14-12)17(19)20/h5-6,9H,4,7-8H2,1-3H3. The molecule has 0 bridgehead atoms. The van der Waals surface area contributed by atoms with E-state index in [2.05, 4.69) is 4.98 Å². The molecule has 0 saturated heterocycles. The zero-order chi connectivity index (χ0) is 15.6. The van der Waals surface area contributed by atoms with Gasteiger partial charge in [-0.2, -0.15) is 0 Å². The predicted octanol–water partition coefficient (Wildman–Crippen LogP) is 1.06. The molecule has 0 radical (unpaired) electrons. The zero-order valence-electron chi connectivity index (χ0n) is 12.3. The lowest BCUT2D eigenvalue weighted by Crippen LogP contribution is -2.48. The van der Waals surface area contributed by atoms with Gasteiger partial charge in [-0.15, -0.1) is 0 Å². The lowest BCUT2D eigenvalue weighted by Gasteiger charge is -2.31. The molecule has 8 heteroatoms. The summed E-state index contributed by atoms with van der Waals surface area (Å²) in [6.45, 7) is 2.90. The molecule has 1 aliphatic heterocycles. The normalized spacial score (nSPS) is 17.6. The van der Waals surface area contributed by atoms with Gasteiger partial charge >= 0.3 is 5.82 Å². The van der Waals surface area contributed by atoms with E-state index < -0.39 is 11.0 Å². The summed E-state index contributed by atoms with van der Waals surface area (Å²) in [4.78, 5) is 30.0. The lowest BCUT2D eigenvalue weighted by molar-refractivity contribution is -0.389. The molecule has 1 unspecified atom stereocenters. The van der Waals surface area contributed by atoms with Crippen molar-refractivity contribution in [3.63, 3.8) is 0 Å². The van der Waals surface area contributed by atoms with Crippen molar-refractivity contribution in [3.8, 4) is 5.75 Å². The Morgan fingerprint density at radius 3 is 2.76 bits per heavy atom. The Morgan fingerprint density at radius 2 is 2.19 bits per heavy atom. The predicted molar refractivity (Wildman–Crippen MR) is 76.5 cm³/mol. The molecule has 2 rings (SSSR count). The number of likely N-dealkylation sites (N-methyl/N-ethyl adjacent to an activating group) is 1. The van der Waals surface area contributed by atoms with E-state index in [0.29, 0.717) is 25.3 Å². The van der Waals surface area contributed by atoms with Crippen LogP contribution in [0.5, 0.6) is 5.75 Å². The molecule has 1 aromatic rings. The van der Waals surface area contributed by atoms with Gasteiger partial charge in [0, 0.05) is 19.2 Å². The molecule has 0 saturated carbocycles. The SMILES string of the molecule is CCC1Oc2ccc([N+](=O)[O-])nc2N(CCN(C)C)C1=O. The number of carbonyl (C=O) groups is 1. The second-order valence-electron chi connectivity index (χ2n) is 5.06. The van der Waals surface area contributed by atoms with Crippen LogP contribution in [0.1, 0.15) is 13.3 Å². The van der Waals surface area contributed by atoms with Crippen molar-refractivity contribution in [3.05, 3.63) is 22.2 Å². The van der Waals surface area contributed by atoms with Crippen LogP contribution in [0, 0.1) is 10.1 Å². The van der Waals surface area contributed by atoms with E-state index >= 15 is 0 Å². The number of carbonyl (C=O) groups excluding carboxylic acids is 1. The fourth-order valence-corrected chi connectivity index (χ4v) is 2.07. The Labute approximate surface area is 122 Å². The number of rotatable bonds is 5. The maximum atomic E-state index is 12.4. The number of nitrogens with zero attached hydrogens (tertiary/aromatic N) is 4. The van der Waals surface area contributed by atoms with Crippen molar-refractivity contribution in [1.82, 2.24) is 9.88 Å². The molecule has 1 aliphatic rings. The molecule has 0 aliphatic carbocycles. The highest BCUT2D eigenvalue weighted by atomic mass is 16.6. The van der Waals surface area contributed by atoms with E-state index in [-0.39, 0.29) is 17.5 Å². The highest BCUT2D eigenvalue weighted by Crippen LogP contribution is 2.34. The van der Waals surface area contributed by atoms with Crippen LogP contribution in [-0.4, -0.2) is 54.0 Å². The second-order valence-corrected chi connectivity index (χ2v) is 5.06. The molecular formula is C13H18N4O4. The monoisotopic (exact) mass is 294 g/mol. The number of pyridine rings is 1. The maximum Gasteiger partial charge on any atom is 0.366 e. The van der Waals surface area contributed by atoms with Gasteiger partial charge in [0.15, 0.2) is 11.9 Å². The Kier molecular flexibility index (Phi) is 4.37. The van der Waals surface area contributed by atoms with Crippen LogP contribution in [0.15, 0.2) is 12.1 Å². The van der Waals surface area contributed by atoms with E-state index in [0.717, 1.165) is 0 Å². The first-order valence-corrected chi connectivity index (χ1v) is 6.72. The van der Waals surface area contributed by atoms with Crippen molar-refractivity contribution >= 4 is 17.5 Å². The molecule has 0 N–H and O–H groups in total. The molecule has 0 aromatic carbocycles. The van der Waals surface area contributed by atoms with Crippen molar-refractivity contribution < 1.29 is 14.5 Å². The summed E-state index contributed by atoms with van der Waals surface area (Å²) in [6.07, 6.45) is -0.0313. The first-order chi connectivity index (χ1) is 9.93. The third-order valence-corrected chi connectivity index (χ3v) is 3.22. The number of fused-ring (bicyclic) bond motifs is 1. The molecule has 2 heterocycles. The first kappa shape index (κ1) is 15.2. The summed E-state index contributed by atoms with van der Waals surface area (Å²) < 4.78 is 5.58. The fourth-order valence-electron chi connectivity index (χ4n) is 2.07. The van der Waals surface area contributed by atoms with Crippen LogP contribution in [0.4, 0.5) is 11.6 Å². The largest absolute Gasteiger partial charge is 0.474 e. The van der Waals surface area contributed by atoms with E-state index in [4.69, 9.17) is 4.74 Å². The average molecular weight is 294 g/mol. The van der Waals surface area contributed by atoms with Gasteiger partial charge in [0.2, 0.25) is 0 Å². The number of anilines is 1. The zero-order valence-corrected chi connectivity index (χ0v) is 12.3. The van der Waals surface area contributed by atoms with Gasteiger partial charge in [-0.25, -0.2) is 0 Å². The Bertz CT molecular complexity index is 561. The van der Waals surface area contributed by atoms with Gasteiger partial charge in [0.25, 0.3) is 11.7 Å². The summed E-state index contributed by atoms with van der Waals surface area (Å²) in [5, 5.41) is 10.9. The third kappa shape index (κ3) is 3.10. The number of aromatic nitrogens is 1. The van der Waals surface area contributed by atoms with Crippen molar-refractivity contribution in [2.75, 3.05) is 32.1 Å². The molecular weight excluding hydrogens is 276 g/mol. The average Bonchev–Trinajstić information content (AvgIpc) is 2.44. The first-order valence-electron chi connectivity index (χ1n) is 6.72. The number of ether oxygens (including phenoxy) is 1. The quantitative estimate of drug-likeness (QED) is 0.596. The molecule has 0 spiro atoms. The van der Waals surface area contributed by atoms with Gasteiger partial charge < -0.3 is 19.8 Å². The maximum absolute atomic E-state index is 12.4. The van der Waals surface area contributed by atoms with E-state index in [1.807, 2.05) is 25.9 Å². The molecule has 0 fully saturated rings. The number of hydrogen-bond acceptors (Lipinski definition) is 6. The van der Waals surface area contributed by atoms with Crippen LogP contribution in [0.25, 0.3) is 0 Å². The molecule has 1 amide bonds. The van der Waals surface area contributed by atoms with Crippen molar-refractivity contribution in [2.45, 2.75) is 19.4 Å².